The van der Waals surface area contributed by atoms with Gasteiger partial charge in [-0.2, -0.15) is 0 Å². The van der Waals surface area contributed by atoms with Crippen LogP contribution >= 0.6 is 0 Å². The molecule has 0 saturated carbocycles. The van der Waals surface area contributed by atoms with Crippen molar-refractivity contribution in [3.05, 3.63) is 29.2 Å². The molecule has 3 rings (SSSR count). The summed E-state index contributed by atoms with van der Waals surface area (Å²) in [7, 11) is 4.07. The van der Waals surface area contributed by atoms with Crippen LogP contribution in [0.15, 0.2) is 10.6 Å². The number of nitrogens with zero attached hydrogens (tertiary/aromatic N) is 6. The molecule has 2 aromatic rings. The van der Waals surface area contributed by atoms with Crippen molar-refractivity contribution in [1.29, 1.82) is 0 Å². The fourth-order valence-corrected chi connectivity index (χ4v) is 3.56. The van der Waals surface area contributed by atoms with Crippen molar-refractivity contribution in [1.82, 2.24) is 29.7 Å². The molecule has 0 radical (unpaired) electrons. The topological polar surface area (TPSA) is 80.3 Å². The molecule has 1 saturated heterocycles. The third kappa shape index (κ3) is 4.21. The maximum absolute atomic E-state index is 12.7. The first-order valence-corrected chi connectivity index (χ1v) is 9.73. The second-order valence-corrected chi connectivity index (χ2v) is 7.79. The zero-order valence-electron chi connectivity index (χ0n) is 17.0. The molecule has 0 aliphatic carbocycles. The average molecular weight is 374 g/mol. The van der Waals surface area contributed by atoms with Crippen LogP contribution in [0.4, 0.5) is 0 Å². The molecular formula is C19H30N6O2. The van der Waals surface area contributed by atoms with Crippen molar-refractivity contribution >= 4 is 5.91 Å². The maximum Gasteiger partial charge on any atom is 0.276 e. The maximum atomic E-state index is 12.7. The van der Waals surface area contributed by atoms with E-state index in [0.717, 1.165) is 43.3 Å². The Kier molecular flexibility index (Phi) is 5.94. The highest BCUT2D eigenvalue weighted by Gasteiger charge is 2.29. The van der Waals surface area contributed by atoms with Gasteiger partial charge in [-0.05, 0) is 33.9 Å². The molecule has 0 atom stereocenters. The summed E-state index contributed by atoms with van der Waals surface area (Å²) in [5.74, 6) is 3.30. The van der Waals surface area contributed by atoms with Crippen LogP contribution in [0.5, 0.6) is 0 Å². The van der Waals surface area contributed by atoms with E-state index in [4.69, 9.17) is 4.52 Å². The van der Waals surface area contributed by atoms with Crippen LogP contribution in [0.25, 0.3) is 0 Å². The lowest BCUT2D eigenvalue weighted by Gasteiger charge is -2.31. The first-order valence-electron chi connectivity index (χ1n) is 9.73. The minimum Gasteiger partial charge on any atom is -0.360 e. The summed E-state index contributed by atoms with van der Waals surface area (Å²) in [4.78, 5) is 16.7. The molecule has 0 aromatic carbocycles. The first-order chi connectivity index (χ1) is 12.9. The van der Waals surface area contributed by atoms with Crippen LogP contribution in [0, 0.1) is 0 Å². The van der Waals surface area contributed by atoms with E-state index in [1.807, 2.05) is 32.8 Å². The zero-order valence-corrected chi connectivity index (χ0v) is 17.0. The minimum absolute atomic E-state index is 0.0469. The Morgan fingerprint density at radius 2 is 2.00 bits per heavy atom. The number of carbonyl (C=O) groups is 1. The highest BCUT2D eigenvalue weighted by atomic mass is 16.5. The van der Waals surface area contributed by atoms with Gasteiger partial charge in [-0.15, -0.1) is 10.2 Å². The lowest BCUT2D eigenvalue weighted by atomic mass is 9.95. The molecule has 8 nitrogen and oxygen atoms in total. The first kappa shape index (κ1) is 19.5. The summed E-state index contributed by atoms with van der Waals surface area (Å²) in [6, 6.07) is 1.76. The molecule has 2 aromatic heterocycles. The molecule has 1 fully saturated rings. The fraction of sp³-hybridized carbons (Fsp3) is 0.684. The van der Waals surface area contributed by atoms with Crippen LogP contribution in [0.1, 0.15) is 73.3 Å². The van der Waals surface area contributed by atoms with Gasteiger partial charge in [-0.1, -0.05) is 19.0 Å². The molecule has 1 aliphatic heterocycles. The van der Waals surface area contributed by atoms with Gasteiger partial charge in [0, 0.05) is 37.5 Å². The van der Waals surface area contributed by atoms with E-state index in [1.165, 1.54) is 0 Å². The Hall–Kier alpha value is -2.22. The van der Waals surface area contributed by atoms with Crippen LogP contribution < -0.4 is 0 Å². The van der Waals surface area contributed by atoms with Crippen LogP contribution in [-0.4, -0.2) is 62.8 Å². The molecule has 1 amide bonds. The number of hydrogen-bond donors (Lipinski definition) is 0. The Labute approximate surface area is 160 Å². The van der Waals surface area contributed by atoms with Crippen molar-refractivity contribution in [3.8, 4) is 0 Å². The number of amides is 1. The minimum atomic E-state index is -0.0469. The number of piperidine rings is 1. The summed E-state index contributed by atoms with van der Waals surface area (Å²) < 4.78 is 7.49. The van der Waals surface area contributed by atoms with E-state index in [9.17, 15) is 4.79 Å². The average Bonchev–Trinajstić information content (AvgIpc) is 3.28. The quantitative estimate of drug-likeness (QED) is 0.773. The number of hydrogen-bond acceptors (Lipinski definition) is 6. The van der Waals surface area contributed by atoms with Gasteiger partial charge in [0.2, 0.25) is 0 Å². The smallest absolute Gasteiger partial charge is 0.276 e. The molecule has 148 valence electrons. The fourth-order valence-electron chi connectivity index (χ4n) is 3.56. The van der Waals surface area contributed by atoms with Gasteiger partial charge < -0.3 is 18.9 Å². The molecule has 0 N–H and O–H groups in total. The van der Waals surface area contributed by atoms with Crippen LogP contribution in [-0.2, 0) is 13.1 Å². The van der Waals surface area contributed by atoms with Gasteiger partial charge in [0.25, 0.3) is 5.91 Å². The number of likely N-dealkylation sites (tertiary alicyclic amines) is 1. The predicted molar refractivity (Wildman–Crippen MR) is 102 cm³/mol. The largest absolute Gasteiger partial charge is 0.360 e. The van der Waals surface area contributed by atoms with Gasteiger partial charge in [-0.25, -0.2) is 0 Å². The van der Waals surface area contributed by atoms with Crippen molar-refractivity contribution in [2.75, 3.05) is 27.2 Å². The van der Waals surface area contributed by atoms with E-state index >= 15 is 0 Å². The molecule has 0 unspecified atom stereocenters. The van der Waals surface area contributed by atoms with E-state index in [1.54, 1.807) is 6.07 Å². The van der Waals surface area contributed by atoms with Crippen molar-refractivity contribution in [2.24, 2.45) is 0 Å². The second kappa shape index (κ2) is 8.21. The molecule has 0 bridgehead atoms. The predicted octanol–water partition coefficient (Wildman–Crippen LogP) is 2.49. The Balaban J connectivity index is 1.65. The molecule has 1 aliphatic rings. The normalized spacial score (nSPS) is 15.9. The lowest BCUT2D eigenvalue weighted by Crippen LogP contribution is -2.38. The van der Waals surface area contributed by atoms with Gasteiger partial charge >= 0.3 is 0 Å². The van der Waals surface area contributed by atoms with Crippen LogP contribution in [0.2, 0.25) is 0 Å². The number of rotatable bonds is 6. The summed E-state index contributed by atoms with van der Waals surface area (Å²) in [5.41, 5.74) is 0.405. The van der Waals surface area contributed by atoms with Gasteiger partial charge in [0.1, 0.15) is 17.4 Å². The summed E-state index contributed by atoms with van der Waals surface area (Å²) in [5, 5.41) is 12.8. The van der Waals surface area contributed by atoms with Crippen molar-refractivity contribution < 1.29 is 9.32 Å². The lowest BCUT2D eigenvalue weighted by molar-refractivity contribution is 0.0699. The number of aromatic nitrogens is 4. The van der Waals surface area contributed by atoms with E-state index in [0.29, 0.717) is 24.7 Å². The standard InChI is InChI=1S/C19H30N6O2/c1-6-25-17(12-23(4)5)20-21-18(25)14-7-9-24(10-8-14)19(26)15-11-16(13(2)3)27-22-15/h11,13-14H,6-10,12H2,1-5H3. The van der Waals surface area contributed by atoms with E-state index in [-0.39, 0.29) is 11.8 Å². The highest BCUT2D eigenvalue weighted by molar-refractivity contribution is 5.92. The van der Waals surface area contributed by atoms with Gasteiger partial charge in [-0.3, -0.25) is 4.79 Å². The second-order valence-electron chi connectivity index (χ2n) is 7.79. The molecular weight excluding hydrogens is 344 g/mol. The Morgan fingerprint density at radius 1 is 1.30 bits per heavy atom. The summed E-state index contributed by atoms with van der Waals surface area (Å²) in [6.45, 7) is 9.22. The van der Waals surface area contributed by atoms with Gasteiger partial charge in [0.05, 0.1) is 6.54 Å². The third-order valence-corrected chi connectivity index (χ3v) is 5.09. The molecule has 0 spiro atoms. The highest BCUT2D eigenvalue weighted by Crippen LogP contribution is 2.28. The Morgan fingerprint density at radius 3 is 2.56 bits per heavy atom. The van der Waals surface area contributed by atoms with E-state index < -0.39 is 0 Å². The zero-order chi connectivity index (χ0) is 19.6. The molecule has 27 heavy (non-hydrogen) atoms. The monoisotopic (exact) mass is 374 g/mol. The molecule has 3 heterocycles. The van der Waals surface area contributed by atoms with E-state index in [2.05, 4.69) is 31.7 Å². The van der Waals surface area contributed by atoms with Crippen molar-refractivity contribution in [3.63, 3.8) is 0 Å². The number of carbonyl (C=O) groups excluding carboxylic acids is 1. The van der Waals surface area contributed by atoms with Gasteiger partial charge in [0.15, 0.2) is 5.69 Å². The Bertz CT molecular complexity index is 771. The van der Waals surface area contributed by atoms with Crippen LogP contribution in [0.3, 0.4) is 0 Å². The molecule has 8 heteroatoms. The summed E-state index contributed by atoms with van der Waals surface area (Å²) >= 11 is 0. The van der Waals surface area contributed by atoms with Crippen molar-refractivity contribution in [2.45, 2.75) is 58.5 Å². The summed E-state index contributed by atoms with van der Waals surface area (Å²) in [6.07, 6.45) is 1.78. The SMILES string of the molecule is CCn1c(CN(C)C)nnc1C1CCN(C(=O)c2cc(C(C)C)on2)CC1. The third-order valence-electron chi connectivity index (χ3n) is 5.09.